The molecule has 0 saturated carbocycles. The van der Waals surface area contributed by atoms with Gasteiger partial charge in [0.2, 0.25) is 0 Å². The van der Waals surface area contributed by atoms with E-state index in [1.807, 2.05) is 25.1 Å². The number of nitrogens with one attached hydrogen (secondary N) is 3. The lowest BCUT2D eigenvalue weighted by molar-refractivity contribution is 0.0956. The fourth-order valence-corrected chi connectivity index (χ4v) is 2.45. The minimum Gasteiger partial charge on any atom is -0.352 e. The summed E-state index contributed by atoms with van der Waals surface area (Å²) in [7, 11) is 1.70. The highest BCUT2D eigenvalue weighted by molar-refractivity contribution is 5.94. The van der Waals surface area contributed by atoms with Crippen LogP contribution in [0.5, 0.6) is 0 Å². The van der Waals surface area contributed by atoms with Crippen LogP contribution in [0.25, 0.3) is 0 Å². The molecule has 0 saturated heterocycles. The van der Waals surface area contributed by atoms with E-state index in [0.717, 1.165) is 11.1 Å². The number of amides is 1. The summed E-state index contributed by atoms with van der Waals surface area (Å²) in [5.41, 5.74) is 3.29. The molecule has 2 aromatic carbocycles. The first-order valence-corrected chi connectivity index (χ1v) is 8.60. The predicted octanol–water partition coefficient (Wildman–Crippen LogP) is 2.75. The standard InChI is InChI=1S/C20H25FN4O/c1-4-23-19(26)17-8-5-15(6-9-17)12-24-20(22-3)25-13-16-7-10-18(21)14(2)11-16/h5-11H,4,12-13H2,1-3H3,(H,23,26)(H2,22,24,25). The molecular formula is C20H25FN4O. The Balaban J connectivity index is 1.86. The van der Waals surface area contributed by atoms with Gasteiger partial charge in [0.1, 0.15) is 5.82 Å². The molecular weight excluding hydrogens is 331 g/mol. The summed E-state index contributed by atoms with van der Waals surface area (Å²) < 4.78 is 13.3. The van der Waals surface area contributed by atoms with Crippen LogP contribution in [0.2, 0.25) is 0 Å². The third-order valence-electron chi connectivity index (χ3n) is 3.92. The molecule has 0 atom stereocenters. The quantitative estimate of drug-likeness (QED) is 0.551. The van der Waals surface area contributed by atoms with Gasteiger partial charge in [0.25, 0.3) is 5.91 Å². The molecule has 2 aromatic rings. The first-order chi connectivity index (χ1) is 12.5. The molecule has 0 aliphatic rings. The first-order valence-electron chi connectivity index (χ1n) is 8.60. The molecule has 0 aromatic heterocycles. The molecule has 6 heteroatoms. The normalized spacial score (nSPS) is 11.2. The van der Waals surface area contributed by atoms with Crippen LogP contribution in [0.3, 0.4) is 0 Å². The van der Waals surface area contributed by atoms with Crippen molar-refractivity contribution in [2.45, 2.75) is 26.9 Å². The maximum Gasteiger partial charge on any atom is 0.251 e. The number of hydrogen-bond donors (Lipinski definition) is 3. The van der Waals surface area contributed by atoms with E-state index >= 15 is 0 Å². The van der Waals surface area contributed by atoms with Gasteiger partial charge in [-0.1, -0.05) is 24.3 Å². The number of hydrogen-bond acceptors (Lipinski definition) is 2. The first kappa shape index (κ1) is 19.4. The highest BCUT2D eigenvalue weighted by Gasteiger charge is 2.05. The molecule has 0 aliphatic carbocycles. The van der Waals surface area contributed by atoms with Crippen molar-refractivity contribution in [1.29, 1.82) is 0 Å². The molecule has 26 heavy (non-hydrogen) atoms. The topological polar surface area (TPSA) is 65.5 Å². The molecule has 1 amide bonds. The van der Waals surface area contributed by atoms with Crippen molar-refractivity contribution in [2.75, 3.05) is 13.6 Å². The molecule has 0 fully saturated rings. The van der Waals surface area contributed by atoms with Crippen LogP contribution >= 0.6 is 0 Å². The largest absolute Gasteiger partial charge is 0.352 e. The number of nitrogens with zero attached hydrogens (tertiary/aromatic N) is 1. The van der Waals surface area contributed by atoms with E-state index in [2.05, 4.69) is 20.9 Å². The van der Waals surface area contributed by atoms with Gasteiger partial charge in [-0.2, -0.15) is 0 Å². The Hall–Kier alpha value is -2.89. The third-order valence-corrected chi connectivity index (χ3v) is 3.92. The summed E-state index contributed by atoms with van der Waals surface area (Å²) in [5.74, 6) is 0.381. The van der Waals surface area contributed by atoms with Crippen LogP contribution < -0.4 is 16.0 Å². The Bertz CT molecular complexity index is 772. The average Bonchev–Trinajstić information content (AvgIpc) is 2.65. The molecule has 0 radical (unpaired) electrons. The second-order valence-corrected chi connectivity index (χ2v) is 5.92. The van der Waals surface area contributed by atoms with Gasteiger partial charge in [-0.15, -0.1) is 0 Å². The van der Waals surface area contributed by atoms with Crippen molar-refractivity contribution in [1.82, 2.24) is 16.0 Å². The van der Waals surface area contributed by atoms with E-state index in [0.29, 0.717) is 36.7 Å². The fourth-order valence-electron chi connectivity index (χ4n) is 2.45. The van der Waals surface area contributed by atoms with Crippen LogP contribution in [0.1, 0.15) is 34.0 Å². The summed E-state index contributed by atoms with van der Waals surface area (Å²) in [6.07, 6.45) is 0. The zero-order chi connectivity index (χ0) is 18.9. The van der Waals surface area contributed by atoms with Crippen LogP contribution in [0.15, 0.2) is 47.5 Å². The van der Waals surface area contributed by atoms with Gasteiger partial charge in [-0.25, -0.2) is 4.39 Å². The van der Waals surface area contributed by atoms with Crippen LogP contribution in [0.4, 0.5) is 4.39 Å². The molecule has 0 bridgehead atoms. The number of aliphatic imine (C=N–C) groups is 1. The molecule has 3 N–H and O–H groups in total. The molecule has 2 rings (SSSR count). The van der Waals surface area contributed by atoms with Gasteiger partial charge in [0.15, 0.2) is 5.96 Å². The summed E-state index contributed by atoms with van der Waals surface area (Å²) in [5, 5.41) is 9.19. The van der Waals surface area contributed by atoms with Crippen molar-refractivity contribution in [3.05, 3.63) is 70.5 Å². The van der Waals surface area contributed by atoms with Gasteiger partial charge in [0.05, 0.1) is 0 Å². The Kier molecular flexibility index (Phi) is 7.14. The number of aryl methyl sites for hydroxylation is 1. The van der Waals surface area contributed by atoms with Gasteiger partial charge < -0.3 is 16.0 Å². The number of carbonyl (C=O) groups excluding carboxylic acids is 1. The van der Waals surface area contributed by atoms with Gasteiger partial charge in [-0.05, 0) is 48.7 Å². The lowest BCUT2D eigenvalue weighted by Crippen LogP contribution is -2.36. The molecule has 0 unspecified atom stereocenters. The number of carbonyl (C=O) groups is 1. The summed E-state index contributed by atoms with van der Waals surface area (Å²) >= 11 is 0. The second kappa shape index (κ2) is 9.56. The zero-order valence-electron chi connectivity index (χ0n) is 15.4. The van der Waals surface area contributed by atoms with Crippen LogP contribution in [-0.4, -0.2) is 25.5 Å². The van der Waals surface area contributed by atoms with E-state index < -0.39 is 0 Å². The summed E-state index contributed by atoms with van der Waals surface area (Å²) in [6.45, 7) is 5.38. The SMILES string of the molecule is CCNC(=O)c1ccc(CNC(=NC)NCc2ccc(F)c(C)c2)cc1. The smallest absolute Gasteiger partial charge is 0.251 e. The Labute approximate surface area is 153 Å². The highest BCUT2D eigenvalue weighted by Crippen LogP contribution is 2.09. The number of guanidine groups is 1. The molecule has 0 spiro atoms. The average molecular weight is 356 g/mol. The summed E-state index contributed by atoms with van der Waals surface area (Å²) in [4.78, 5) is 15.9. The molecule has 5 nitrogen and oxygen atoms in total. The zero-order valence-corrected chi connectivity index (χ0v) is 15.4. The van der Waals surface area contributed by atoms with E-state index in [9.17, 15) is 9.18 Å². The number of rotatable bonds is 6. The van der Waals surface area contributed by atoms with Crippen LogP contribution in [-0.2, 0) is 13.1 Å². The van der Waals surface area contributed by atoms with Gasteiger partial charge >= 0.3 is 0 Å². The predicted molar refractivity (Wildman–Crippen MR) is 103 cm³/mol. The Morgan fingerprint density at radius 1 is 1.00 bits per heavy atom. The number of halogens is 1. The third kappa shape index (κ3) is 5.58. The van der Waals surface area contributed by atoms with Gasteiger partial charge in [-0.3, -0.25) is 9.79 Å². The Morgan fingerprint density at radius 2 is 1.62 bits per heavy atom. The van der Waals surface area contributed by atoms with Crippen molar-refractivity contribution in [3.63, 3.8) is 0 Å². The van der Waals surface area contributed by atoms with Crippen LogP contribution in [0, 0.1) is 12.7 Å². The highest BCUT2D eigenvalue weighted by atomic mass is 19.1. The number of benzene rings is 2. The molecule has 0 aliphatic heterocycles. The maximum atomic E-state index is 13.3. The fraction of sp³-hybridized carbons (Fsp3) is 0.300. The molecule has 0 heterocycles. The van der Waals surface area contributed by atoms with Crippen molar-refractivity contribution in [2.24, 2.45) is 4.99 Å². The van der Waals surface area contributed by atoms with Gasteiger partial charge in [0, 0.05) is 32.2 Å². The van der Waals surface area contributed by atoms with Crippen molar-refractivity contribution >= 4 is 11.9 Å². The van der Waals surface area contributed by atoms with E-state index in [4.69, 9.17) is 0 Å². The molecule has 138 valence electrons. The van der Waals surface area contributed by atoms with Crippen molar-refractivity contribution < 1.29 is 9.18 Å². The Morgan fingerprint density at radius 3 is 2.19 bits per heavy atom. The van der Waals surface area contributed by atoms with E-state index in [1.165, 1.54) is 6.07 Å². The summed E-state index contributed by atoms with van der Waals surface area (Å²) in [6, 6.07) is 12.5. The minimum absolute atomic E-state index is 0.0703. The van der Waals surface area contributed by atoms with E-state index in [1.54, 1.807) is 32.2 Å². The van der Waals surface area contributed by atoms with Crippen molar-refractivity contribution in [3.8, 4) is 0 Å². The minimum atomic E-state index is -0.202. The second-order valence-electron chi connectivity index (χ2n) is 5.92. The lowest BCUT2D eigenvalue weighted by atomic mass is 10.1. The monoisotopic (exact) mass is 356 g/mol. The van der Waals surface area contributed by atoms with E-state index in [-0.39, 0.29) is 11.7 Å². The lowest BCUT2D eigenvalue weighted by Gasteiger charge is -2.13. The maximum absolute atomic E-state index is 13.3.